The van der Waals surface area contributed by atoms with Crippen LogP contribution in [0.3, 0.4) is 0 Å². The number of benzene rings is 2. The van der Waals surface area contributed by atoms with Crippen LogP contribution in [0, 0.1) is 11.8 Å². The van der Waals surface area contributed by atoms with Crippen LogP contribution in [0.15, 0.2) is 54.6 Å². The van der Waals surface area contributed by atoms with Gasteiger partial charge in [0.2, 0.25) is 5.91 Å². The first kappa shape index (κ1) is 27.9. The number of nitrogens with two attached hydrogens (primary N) is 1. The number of aliphatic hydroxyl groups is 1. The normalized spacial score (nSPS) is 13.8. The summed E-state index contributed by atoms with van der Waals surface area (Å²) < 4.78 is 0. The van der Waals surface area contributed by atoms with Gasteiger partial charge in [-0.3, -0.25) is 4.79 Å². The highest BCUT2D eigenvalue weighted by Crippen LogP contribution is 2.20. The second-order valence-electron chi connectivity index (χ2n) is 8.69. The van der Waals surface area contributed by atoms with Crippen molar-refractivity contribution in [2.75, 3.05) is 13.1 Å². The summed E-state index contributed by atoms with van der Waals surface area (Å²) in [6.07, 6.45) is 5.48. The Labute approximate surface area is 195 Å². The molecule has 0 aliphatic heterocycles. The molecule has 0 fully saturated rings. The molecule has 0 heterocycles. The van der Waals surface area contributed by atoms with Crippen molar-refractivity contribution in [3.8, 4) is 0 Å². The van der Waals surface area contributed by atoms with Crippen LogP contribution in [0.4, 0.5) is 0 Å². The zero-order chi connectivity index (χ0) is 23.8. The predicted molar refractivity (Wildman–Crippen MR) is 136 cm³/mol. The van der Waals surface area contributed by atoms with Gasteiger partial charge in [-0.15, -0.1) is 0 Å². The third-order valence-electron chi connectivity index (χ3n) is 5.57. The Morgan fingerprint density at radius 2 is 1.56 bits per heavy atom. The number of amides is 1. The molecule has 1 aliphatic rings. The Hall–Kier alpha value is -2.17. The fraction of sp³-hybridized carbons (Fsp3) is 0.536. The lowest BCUT2D eigenvalue weighted by atomic mass is 9.93. The molecule has 0 radical (unpaired) electrons. The Morgan fingerprint density at radius 3 is 2.09 bits per heavy atom. The molecule has 0 spiro atoms. The van der Waals surface area contributed by atoms with E-state index in [0.29, 0.717) is 25.3 Å². The van der Waals surface area contributed by atoms with Crippen LogP contribution in [-0.4, -0.2) is 30.2 Å². The highest BCUT2D eigenvalue weighted by atomic mass is 16.3. The SMILES string of the molecule is CC.CC(C)CCNCC(O)C[C@@H](Cc1ccccc1)C(N)=O.c1ccc2c(c1)CCC2. The van der Waals surface area contributed by atoms with Crippen LogP contribution in [-0.2, 0) is 24.1 Å². The van der Waals surface area contributed by atoms with Gasteiger partial charge in [0.25, 0.3) is 0 Å². The minimum absolute atomic E-state index is 0.325. The summed E-state index contributed by atoms with van der Waals surface area (Å²) in [6.45, 7) is 9.72. The monoisotopic (exact) mass is 440 g/mol. The van der Waals surface area contributed by atoms with Gasteiger partial charge >= 0.3 is 0 Å². The molecule has 0 saturated heterocycles. The Kier molecular flexibility index (Phi) is 14.3. The van der Waals surface area contributed by atoms with Crippen LogP contribution in [0.1, 0.15) is 63.6 Å². The third kappa shape index (κ3) is 11.4. The number of fused-ring (bicyclic) bond motifs is 1. The molecule has 32 heavy (non-hydrogen) atoms. The van der Waals surface area contributed by atoms with Crippen molar-refractivity contribution in [1.82, 2.24) is 5.32 Å². The zero-order valence-electron chi connectivity index (χ0n) is 20.5. The lowest BCUT2D eigenvalue weighted by Crippen LogP contribution is -2.34. The first-order chi connectivity index (χ1) is 15.5. The minimum atomic E-state index is -0.543. The standard InChI is InChI=1S/C17H28N2O2.C9H10.C2H6/c1-13(2)8-9-19-12-16(20)11-15(17(18)21)10-14-6-4-3-5-7-14;1-2-5-9-7-3-6-8(9)4-1;1-2/h3-7,13,15-16,19-20H,8-12H2,1-2H3,(H2,18,21);1-2,4-5H,3,6-7H2;1-2H3/t15-,16?;;/m1../s1. The van der Waals surface area contributed by atoms with E-state index in [9.17, 15) is 9.90 Å². The van der Waals surface area contributed by atoms with Crippen molar-refractivity contribution in [3.63, 3.8) is 0 Å². The maximum atomic E-state index is 11.5. The molecular formula is C28H44N2O2. The number of aliphatic hydroxyl groups excluding tert-OH is 1. The van der Waals surface area contributed by atoms with Crippen molar-refractivity contribution in [2.24, 2.45) is 17.6 Å². The fourth-order valence-corrected chi connectivity index (χ4v) is 3.78. The second-order valence-corrected chi connectivity index (χ2v) is 8.69. The van der Waals surface area contributed by atoms with E-state index < -0.39 is 6.10 Å². The van der Waals surface area contributed by atoms with Gasteiger partial charge in [-0.25, -0.2) is 0 Å². The molecule has 4 nitrogen and oxygen atoms in total. The summed E-state index contributed by atoms with van der Waals surface area (Å²) in [4.78, 5) is 11.5. The molecule has 0 bridgehead atoms. The maximum Gasteiger partial charge on any atom is 0.220 e. The average Bonchev–Trinajstić information content (AvgIpc) is 3.28. The number of primary amides is 1. The average molecular weight is 441 g/mol. The van der Waals surface area contributed by atoms with Crippen LogP contribution in [0.2, 0.25) is 0 Å². The highest BCUT2D eigenvalue weighted by molar-refractivity contribution is 5.77. The molecule has 0 aromatic heterocycles. The van der Waals surface area contributed by atoms with Gasteiger partial charge in [-0.05, 0) is 67.7 Å². The summed E-state index contributed by atoms with van der Waals surface area (Å²) in [5, 5.41) is 13.3. The van der Waals surface area contributed by atoms with E-state index >= 15 is 0 Å². The number of aryl methyl sites for hydroxylation is 2. The van der Waals surface area contributed by atoms with Crippen molar-refractivity contribution in [2.45, 2.75) is 72.3 Å². The number of carbonyl (C=O) groups excluding carboxylic acids is 1. The topological polar surface area (TPSA) is 75.3 Å². The summed E-state index contributed by atoms with van der Waals surface area (Å²) >= 11 is 0. The molecule has 4 N–H and O–H groups in total. The first-order valence-corrected chi connectivity index (χ1v) is 12.2. The third-order valence-corrected chi connectivity index (χ3v) is 5.57. The number of rotatable bonds is 10. The smallest absolute Gasteiger partial charge is 0.220 e. The van der Waals surface area contributed by atoms with E-state index in [2.05, 4.69) is 43.4 Å². The van der Waals surface area contributed by atoms with Crippen molar-refractivity contribution in [3.05, 3.63) is 71.3 Å². The Bertz CT molecular complexity index is 723. The van der Waals surface area contributed by atoms with Crippen LogP contribution in [0.5, 0.6) is 0 Å². The Morgan fingerprint density at radius 1 is 1.00 bits per heavy atom. The van der Waals surface area contributed by atoms with E-state index in [1.54, 1.807) is 11.1 Å². The number of hydrogen-bond acceptors (Lipinski definition) is 3. The Balaban J connectivity index is 0.000000380. The van der Waals surface area contributed by atoms with Gasteiger partial charge in [-0.1, -0.05) is 82.3 Å². The van der Waals surface area contributed by atoms with E-state index in [-0.39, 0.29) is 11.8 Å². The molecule has 2 aromatic rings. The largest absolute Gasteiger partial charge is 0.392 e. The van der Waals surface area contributed by atoms with Crippen molar-refractivity contribution < 1.29 is 9.90 Å². The second kappa shape index (κ2) is 16.5. The lowest BCUT2D eigenvalue weighted by Gasteiger charge is -2.18. The van der Waals surface area contributed by atoms with Crippen molar-refractivity contribution in [1.29, 1.82) is 0 Å². The highest BCUT2D eigenvalue weighted by Gasteiger charge is 2.20. The van der Waals surface area contributed by atoms with Gasteiger partial charge in [0.05, 0.1) is 6.10 Å². The summed E-state index contributed by atoms with van der Waals surface area (Å²) in [5.74, 6) is -0.0273. The molecular weight excluding hydrogens is 396 g/mol. The van der Waals surface area contributed by atoms with E-state index in [1.165, 1.54) is 19.3 Å². The number of hydrogen-bond donors (Lipinski definition) is 3. The molecule has 2 atom stereocenters. The molecule has 4 heteroatoms. The first-order valence-electron chi connectivity index (χ1n) is 12.2. The van der Waals surface area contributed by atoms with Gasteiger partial charge in [-0.2, -0.15) is 0 Å². The molecule has 3 rings (SSSR count). The minimum Gasteiger partial charge on any atom is -0.392 e. The summed E-state index contributed by atoms with van der Waals surface area (Å²) in [5.41, 5.74) is 9.66. The molecule has 2 aromatic carbocycles. The van der Waals surface area contributed by atoms with Crippen LogP contribution in [0.25, 0.3) is 0 Å². The van der Waals surface area contributed by atoms with Crippen LogP contribution < -0.4 is 11.1 Å². The molecule has 1 aliphatic carbocycles. The molecule has 1 amide bonds. The van der Waals surface area contributed by atoms with Crippen molar-refractivity contribution >= 4 is 5.91 Å². The van der Waals surface area contributed by atoms with Gasteiger partial charge in [0, 0.05) is 12.5 Å². The molecule has 1 unspecified atom stereocenters. The number of carbonyl (C=O) groups is 1. The number of nitrogens with one attached hydrogen (secondary N) is 1. The summed E-state index contributed by atoms with van der Waals surface area (Å²) in [7, 11) is 0. The van der Waals surface area contributed by atoms with Crippen LogP contribution >= 0.6 is 0 Å². The maximum absolute atomic E-state index is 11.5. The van der Waals surface area contributed by atoms with Gasteiger partial charge in [0.1, 0.15) is 0 Å². The van der Waals surface area contributed by atoms with E-state index in [1.807, 2.05) is 44.2 Å². The molecule has 178 valence electrons. The lowest BCUT2D eigenvalue weighted by molar-refractivity contribution is -0.122. The van der Waals surface area contributed by atoms with Gasteiger partial charge < -0.3 is 16.2 Å². The quantitative estimate of drug-likeness (QED) is 0.459. The summed E-state index contributed by atoms with van der Waals surface area (Å²) in [6, 6.07) is 18.5. The van der Waals surface area contributed by atoms with Gasteiger partial charge in [0.15, 0.2) is 0 Å². The van der Waals surface area contributed by atoms with E-state index in [0.717, 1.165) is 18.5 Å². The fourth-order valence-electron chi connectivity index (χ4n) is 3.78. The zero-order valence-corrected chi connectivity index (χ0v) is 20.5. The molecule has 0 saturated carbocycles. The van der Waals surface area contributed by atoms with E-state index in [4.69, 9.17) is 5.73 Å². The predicted octanol–water partition coefficient (Wildman–Crippen LogP) is 4.92.